The summed E-state index contributed by atoms with van der Waals surface area (Å²) in [5.74, 6) is 1.16. The number of likely N-dealkylation sites (tertiary alicyclic amines) is 1. The Morgan fingerprint density at radius 3 is 2.33 bits per heavy atom. The lowest BCUT2D eigenvalue weighted by molar-refractivity contribution is 0.0803. The largest absolute Gasteiger partial charge is 0.294 e. The maximum Gasteiger partial charge on any atom is 0.217 e. The molecule has 3 aromatic rings. The van der Waals surface area contributed by atoms with Gasteiger partial charge in [-0.05, 0) is 25.1 Å². The first kappa shape index (κ1) is 17.8. The van der Waals surface area contributed by atoms with Crippen molar-refractivity contribution in [1.82, 2.24) is 19.7 Å². The fraction of sp³-hybridized carbons (Fsp3) is 0.286. The molecule has 1 aromatic heterocycles. The normalized spacial score (nSPS) is 15.7. The number of H-pyrrole nitrogens is 1. The van der Waals surface area contributed by atoms with Crippen LogP contribution in [0.3, 0.4) is 0 Å². The van der Waals surface area contributed by atoms with Gasteiger partial charge in [-0.1, -0.05) is 60.7 Å². The Labute approximate surface area is 163 Å². The SMILES string of the molecule is O=C(c1ccccc1)C1CCN(Cn2[nH]c(-c3ccccc3)nc2=S)CC1. The molecule has 1 N–H and O–H groups in total. The molecule has 27 heavy (non-hydrogen) atoms. The van der Waals surface area contributed by atoms with E-state index in [4.69, 9.17) is 12.2 Å². The first-order valence-electron chi connectivity index (χ1n) is 9.24. The number of ketones is 1. The molecule has 0 amide bonds. The van der Waals surface area contributed by atoms with Gasteiger partial charge in [0.2, 0.25) is 4.77 Å². The van der Waals surface area contributed by atoms with Crippen LogP contribution in [0, 0.1) is 10.7 Å². The second kappa shape index (κ2) is 7.98. The molecule has 0 atom stereocenters. The summed E-state index contributed by atoms with van der Waals surface area (Å²) in [4.78, 5) is 19.4. The van der Waals surface area contributed by atoms with E-state index in [2.05, 4.69) is 15.0 Å². The minimum atomic E-state index is 0.110. The molecule has 1 aliphatic heterocycles. The van der Waals surface area contributed by atoms with E-state index < -0.39 is 0 Å². The van der Waals surface area contributed by atoms with Crippen LogP contribution < -0.4 is 0 Å². The summed E-state index contributed by atoms with van der Waals surface area (Å²) in [6, 6.07) is 19.6. The molecule has 0 aliphatic carbocycles. The van der Waals surface area contributed by atoms with Gasteiger partial charge in [-0.15, -0.1) is 0 Å². The number of aromatic amines is 1. The van der Waals surface area contributed by atoms with E-state index >= 15 is 0 Å². The number of rotatable bonds is 5. The summed E-state index contributed by atoms with van der Waals surface area (Å²) in [5, 5.41) is 3.30. The molecule has 0 unspecified atom stereocenters. The molecule has 6 heteroatoms. The number of benzene rings is 2. The third-order valence-corrected chi connectivity index (χ3v) is 5.40. The van der Waals surface area contributed by atoms with Crippen LogP contribution in [0.1, 0.15) is 23.2 Å². The number of hydrogen-bond acceptors (Lipinski definition) is 4. The average molecular weight is 379 g/mol. The first-order valence-corrected chi connectivity index (χ1v) is 9.65. The van der Waals surface area contributed by atoms with Gasteiger partial charge in [0.1, 0.15) is 0 Å². The highest BCUT2D eigenvalue weighted by molar-refractivity contribution is 7.71. The minimum Gasteiger partial charge on any atom is -0.294 e. The van der Waals surface area contributed by atoms with E-state index in [0.717, 1.165) is 42.9 Å². The van der Waals surface area contributed by atoms with E-state index in [1.165, 1.54) is 0 Å². The average Bonchev–Trinajstić information content (AvgIpc) is 3.10. The predicted octanol–water partition coefficient (Wildman–Crippen LogP) is 4.16. The highest BCUT2D eigenvalue weighted by atomic mass is 32.1. The maximum absolute atomic E-state index is 12.6. The van der Waals surface area contributed by atoms with Crippen molar-refractivity contribution in [2.45, 2.75) is 19.5 Å². The Morgan fingerprint density at radius 1 is 1.04 bits per heavy atom. The Bertz CT molecular complexity index is 957. The number of aromatic nitrogens is 3. The molecule has 0 bridgehead atoms. The molecule has 1 aliphatic rings. The smallest absolute Gasteiger partial charge is 0.217 e. The second-order valence-corrected chi connectivity index (χ2v) is 7.28. The molecule has 138 valence electrons. The van der Waals surface area contributed by atoms with Gasteiger partial charge in [-0.25, -0.2) is 4.68 Å². The van der Waals surface area contributed by atoms with Crippen molar-refractivity contribution in [3.8, 4) is 11.4 Å². The minimum absolute atomic E-state index is 0.110. The predicted molar refractivity (Wildman–Crippen MR) is 108 cm³/mol. The van der Waals surface area contributed by atoms with Crippen LogP contribution >= 0.6 is 12.2 Å². The van der Waals surface area contributed by atoms with Crippen molar-refractivity contribution in [2.75, 3.05) is 13.1 Å². The summed E-state index contributed by atoms with van der Waals surface area (Å²) in [5.41, 5.74) is 1.84. The zero-order chi connectivity index (χ0) is 18.6. The third-order valence-electron chi connectivity index (χ3n) is 5.08. The molecule has 1 saturated heterocycles. The number of carbonyl (C=O) groups is 1. The van der Waals surface area contributed by atoms with E-state index in [1.54, 1.807) is 0 Å². The third kappa shape index (κ3) is 4.07. The lowest BCUT2D eigenvalue weighted by Crippen LogP contribution is -2.37. The van der Waals surface area contributed by atoms with Crippen LogP contribution in [0.25, 0.3) is 11.4 Å². The molecule has 5 nitrogen and oxygen atoms in total. The zero-order valence-corrected chi connectivity index (χ0v) is 15.9. The van der Waals surface area contributed by atoms with Gasteiger partial charge in [0.05, 0.1) is 6.67 Å². The standard InChI is InChI=1S/C21H22N4OS/c26-19(16-7-3-1-4-8-16)17-11-13-24(14-12-17)15-25-21(27)22-20(23-25)18-9-5-2-6-10-18/h1-10,17H,11-15H2,(H,22,23,27). The summed E-state index contributed by atoms with van der Waals surface area (Å²) >= 11 is 5.41. The van der Waals surface area contributed by atoms with Gasteiger partial charge < -0.3 is 0 Å². The van der Waals surface area contributed by atoms with Gasteiger partial charge in [0, 0.05) is 30.1 Å². The summed E-state index contributed by atoms with van der Waals surface area (Å²) in [6.07, 6.45) is 1.75. The molecule has 1 fully saturated rings. The monoisotopic (exact) mass is 378 g/mol. The van der Waals surface area contributed by atoms with Crippen LogP contribution in [0.15, 0.2) is 60.7 Å². The van der Waals surface area contributed by atoms with Crippen molar-refractivity contribution >= 4 is 18.0 Å². The van der Waals surface area contributed by atoms with Crippen molar-refractivity contribution < 1.29 is 4.79 Å². The van der Waals surface area contributed by atoms with Crippen molar-refractivity contribution in [1.29, 1.82) is 0 Å². The zero-order valence-electron chi connectivity index (χ0n) is 15.0. The van der Waals surface area contributed by atoms with E-state index in [0.29, 0.717) is 11.4 Å². The molecule has 2 heterocycles. The summed E-state index contributed by atoms with van der Waals surface area (Å²) in [6.45, 7) is 2.43. The Morgan fingerprint density at radius 2 is 1.67 bits per heavy atom. The van der Waals surface area contributed by atoms with Crippen molar-refractivity contribution in [2.24, 2.45) is 5.92 Å². The molecule has 0 radical (unpaired) electrons. The van der Waals surface area contributed by atoms with Crippen LogP contribution in [-0.2, 0) is 6.67 Å². The highest BCUT2D eigenvalue weighted by Crippen LogP contribution is 2.22. The highest BCUT2D eigenvalue weighted by Gasteiger charge is 2.26. The van der Waals surface area contributed by atoms with Crippen LogP contribution in [0.2, 0.25) is 0 Å². The molecule has 0 saturated carbocycles. The van der Waals surface area contributed by atoms with Gasteiger partial charge in [0.15, 0.2) is 11.6 Å². The molecule has 0 spiro atoms. The number of hydrogen-bond donors (Lipinski definition) is 1. The van der Waals surface area contributed by atoms with E-state index in [-0.39, 0.29) is 11.7 Å². The van der Waals surface area contributed by atoms with Crippen LogP contribution in [-0.4, -0.2) is 38.5 Å². The Balaban J connectivity index is 1.38. The fourth-order valence-electron chi connectivity index (χ4n) is 3.55. The number of nitrogens with one attached hydrogen (secondary N) is 1. The van der Waals surface area contributed by atoms with Gasteiger partial charge in [0.25, 0.3) is 0 Å². The van der Waals surface area contributed by atoms with Crippen LogP contribution in [0.5, 0.6) is 0 Å². The molecular formula is C21H22N4OS. The van der Waals surface area contributed by atoms with Crippen molar-refractivity contribution in [3.63, 3.8) is 0 Å². The number of Topliss-reactive ketones (excluding diaryl/α,β-unsaturated/α-hetero) is 1. The van der Waals surface area contributed by atoms with Gasteiger partial charge in [-0.3, -0.25) is 14.8 Å². The number of piperidine rings is 1. The van der Waals surface area contributed by atoms with Crippen LogP contribution in [0.4, 0.5) is 0 Å². The molecule has 4 rings (SSSR count). The summed E-state index contributed by atoms with van der Waals surface area (Å²) in [7, 11) is 0. The fourth-order valence-corrected chi connectivity index (χ4v) is 3.75. The van der Waals surface area contributed by atoms with E-state index in [9.17, 15) is 4.79 Å². The van der Waals surface area contributed by atoms with Crippen molar-refractivity contribution in [3.05, 3.63) is 71.0 Å². The van der Waals surface area contributed by atoms with E-state index in [1.807, 2.05) is 65.3 Å². The Hall–Kier alpha value is -2.57. The Kier molecular flexibility index (Phi) is 5.27. The molecule has 2 aromatic carbocycles. The maximum atomic E-state index is 12.6. The summed E-state index contributed by atoms with van der Waals surface area (Å²) < 4.78 is 2.45. The quantitative estimate of drug-likeness (QED) is 0.535. The van der Waals surface area contributed by atoms with Gasteiger partial charge in [-0.2, -0.15) is 4.98 Å². The first-order chi connectivity index (χ1) is 13.2. The lowest BCUT2D eigenvalue weighted by atomic mass is 9.89. The lowest BCUT2D eigenvalue weighted by Gasteiger charge is -2.31. The number of carbonyl (C=O) groups excluding carboxylic acids is 1. The number of nitrogens with zero attached hydrogens (tertiary/aromatic N) is 3. The topological polar surface area (TPSA) is 53.9 Å². The second-order valence-electron chi connectivity index (χ2n) is 6.91. The molecular weight excluding hydrogens is 356 g/mol. The van der Waals surface area contributed by atoms with Gasteiger partial charge >= 0.3 is 0 Å².